The van der Waals surface area contributed by atoms with Crippen molar-refractivity contribution in [1.29, 1.82) is 0 Å². The highest BCUT2D eigenvalue weighted by atomic mass is 35.5. The average Bonchev–Trinajstić information content (AvgIpc) is 3.44. The topological polar surface area (TPSA) is 76.8 Å². The van der Waals surface area contributed by atoms with Crippen LogP contribution in [-0.4, -0.2) is 46.9 Å². The van der Waals surface area contributed by atoms with E-state index in [-0.39, 0.29) is 25.0 Å². The quantitative estimate of drug-likeness (QED) is 0.388. The minimum Gasteiger partial charge on any atom is -0.495 e. The first-order valence-corrected chi connectivity index (χ1v) is 11.9. The van der Waals surface area contributed by atoms with E-state index in [2.05, 4.69) is 0 Å². The lowest BCUT2D eigenvalue weighted by Gasteiger charge is -2.20. The minimum absolute atomic E-state index is 0.0145. The third kappa shape index (κ3) is 4.70. The molecule has 0 aliphatic carbocycles. The number of benzene rings is 3. The maximum atomic E-state index is 13.0. The van der Waals surface area contributed by atoms with Crippen LogP contribution < -0.4 is 14.4 Å². The van der Waals surface area contributed by atoms with Gasteiger partial charge in [0, 0.05) is 18.9 Å². The van der Waals surface area contributed by atoms with Crippen LogP contribution in [0.4, 0.5) is 5.69 Å². The maximum absolute atomic E-state index is 13.0. The van der Waals surface area contributed by atoms with Crippen LogP contribution in [-0.2, 0) is 11.3 Å². The summed E-state index contributed by atoms with van der Waals surface area (Å²) in [5.74, 6) is 1.84. The van der Waals surface area contributed by atoms with Crippen molar-refractivity contribution in [3.63, 3.8) is 0 Å². The van der Waals surface area contributed by atoms with Gasteiger partial charge in [0.05, 0.1) is 35.4 Å². The molecule has 1 amide bonds. The molecule has 2 heterocycles. The second kappa shape index (κ2) is 9.98. The SMILES string of the molecule is COc1ccccc1N1CC(c2nc3ccccc3n2CC(O)COc2ccccc2Cl)CC1=O. The number of para-hydroxylation sites is 5. The van der Waals surface area contributed by atoms with Crippen LogP contribution in [0.2, 0.25) is 5.02 Å². The predicted octanol–water partition coefficient (Wildman–Crippen LogP) is 4.66. The van der Waals surface area contributed by atoms with Gasteiger partial charge in [0.15, 0.2) is 0 Å². The summed E-state index contributed by atoms with van der Waals surface area (Å²) in [5, 5.41) is 11.3. The normalized spacial score (nSPS) is 16.6. The summed E-state index contributed by atoms with van der Waals surface area (Å²) in [7, 11) is 1.60. The first-order valence-electron chi connectivity index (χ1n) is 11.5. The number of ether oxygens (including phenoxy) is 2. The summed E-state index contributed by atoms with van der Waals surface area (Å²) in [6.07, 6.45) is -0.474. The molecule has 1 aliphatic heterocycles. The van der Waals surface area contributed by atoms with Crippen molar-refractivity contribution in [2.75, 3.05) is 25.2 Å². The van der Waals surface area contributed by atoms with E-state index in [4.69, 9.17) is 26.1 Å². The molecule has 4 aromatic rings. The fourth-order valence-electron chi connectivity index (χ4n) is 4.58. The van der Waals surface area contributed by atoms with Crippen LogP contribution >= 0.6 is 11.6 Å². The number of hydrogen-bond acceptors (Lipinski definition) is 5. The molecule has 1 aromatic heterocycles. The summed E-state index contributed by atoms with van der Waals surface area (Å²) in [6, 6.07) is 22.5. The van der Waals surface area contributed by atoms with Crippen molar-refractivity contribution in [1.82, 2.24) is 9.55 Å². The third-order valence-corrected chi connectivity index (χ3v) is 6.52. The number of hydrogen-bond donors (Lipinski definition) is 1. The number of aliphatic hydroxyl groups excluding tert-OH is 1. The largest absolute Gasteiger partial charge is 0.495 e. The number of carbonyl (C=O) groups is 1. The summed E-state index contributed by atoms with van der Waals surface area (Å²) >= 11 is 6.17. The lowest BCUT2D eigenvalue weighted by Crippen LogP contribution is -2.26. The molecule has 1 aliphatic rings. The number of anilines is 1. The summed E-state index contributed by atoms with van der Waals surface area (Å²) in [5.41, 5.74) is 2.48. The standard InChI is InChI=1S/C27H26ClN3O4/c1-34-25-13-7-5-11-23(25)30-15-18(14-26(30)33)27-29-21-9-3-4-10-22(21)31(27)16-19(32)17-35-24-12-6-2-8-20(24)28/h2-13,18-19,32H,14-17H2,1H3. The molecule has 0 saturated carbocycles. The minimum atomic E-state index is -0.801. The number of nitrogens with zero attached hydrogens (tertiary/aromatic N) is 3. The molecule has 1 saturated heterocycles. The smallest absolute Gasteiger partial charge is 0.227 e. The Labute approximate surface area is 208 Å². The van der Waals surface area contributed by atoms with Gasteiger partial charge in [0.1, 0.15) is 30.0 Å². The van der Waals surface area contributed by atoms with Gasteiger partial charge in [0.2, 0.25) is 5.91 Å². The van der Waals surface area contributed by atoms with Crippen molar-refractivity contribution < 1.29 is 19.4 Å². The molecule has 3 aromatic carbocycles. The highest BCUT2D eigenvalue weighted by molar-refractivity contribution is 6.32. The molecular formula is C27H26ClN3O4. The summed E-state index contributed by atoms with van der Waals surface area (Å²) in [6.45, 7) is 0.834. The Morgan fingerprint density at radius 3 is 2.57 bits per heavy atom. The second-order valence-corrected chi connectivity index (χ2v) is 8.95. The fourth-order valence-corrected chi connectivity index (χ4v) is 4.77. The van der Waals surface area contributed by atoms with E-state index in [1.807, 2.05) is 65.2 Å². The third-order valence-electron chi connectivity index (χ3n) is 6.21. The molecule has 2 atom stereocenters. The van der Waals surface area contributed by atoms with E-state index in [0.717, 1.165) is 22.5 Å². The molecule has 1 fully saturated rings. The van der Waals surface area contributed by atoms with Crippen molar-refractivity contribution >= 4 is 34.2 Å². The Balaban J connectivity index is 1.40. The lowest BCUT2D eigenvalue weighted by molar-refractivity contribution is -0.117. The number of amides is 1. The van der Waals surface area contributed by atoms with E-state index >= 15 is 0 Å². The monoisotopic (exact) mass is 491 g/mol. The van der Waals surface area contributed by atoms with Gasteiger partial charge in [-0.3, -0.25) is 4.79 Å². The van der Waals surface area contributed by atoms with Gasteiger partial charge in [-0.15, -0.1) is 0 Å². The second-order valence-electron chi connectivity index (χ2n) is 8.54. The Morgan fingerprint density at radius 1 is 1.06 bits per heavy atom. The molecule has 1 N–H and O–H groups in total. The van der Waals surface area contributed by atoms with Crippen molar-refractivity contribution in [2.24, 2.45) is 0 Å². The van der Waals surface area contributed by atoms with Crippen LogP contribution in [0, 0.1) is 0 Å². The average molecular weight is 492 g/mol. The van der Waals surface area contributed by atoms with Gasteiger partial charge in [-0.25, -0.2) is 4.98 Å². The number of imidazole rings is 1. The highest BCUT2D eigenvalue weighted by Gasteiger charge is 2.36. The van der Waals surface area contributed by atoms with E-state index in [9.17, 15) is 9.90 Å². The molecule has 0 spiro atoms. The Morgan fingerprint density at radius 2 is 1.77 bits per heavy atom. The number of fused-ring (bicyclic) bond motifs is 1. The van der Waals surface area contributed by atoms with Gasteiger partial charge in [-0.2, -0.15) is 0 Å². The molecular weight excluding hydrogens is 466 g/mol. The van der Waals surface area contributed by atoms with Crippen molar-refractivity contribution in [2.45, 2.75) is 25.0 Å². The number of rotatable bonds is 8. The lowest BCUT2D eigenvalue weighted by atomic mass is 10.1. The molecule has 0 radical (unpaired) electrons. The molecule has 180 valence electrons. The Kier molecular flexibility index (Phi) is 6.61. The zero-order chi connectivity index (χ0) is 24.4. The predicted molar refractivity (Wildman–Crippen MR) is 135 cm³/mol. The van der Waals surface area contributed by atoms with E-state index in [0.29, 0.717) is 29.5 Å². The molecule has 7 nitrogen and oxygen atoms in total. The van der Waals surface area contributed by atoms with Crippen molar-refractivity contribution in [3.8, 4) is 11.5 Å². The van der Waals surface area contributed by atoms with Crippen LogP contribution in [0.15, 0.2) is 72.8 Å². The zero-order valence-corrected chi connectivity index (χ0v) is 20.1. The molecule has 8 heteroatoms. The molecule has 2 unspecified atom stereocenters. The first-order chi connectivity index (χ1) is 17.0. The van der Waals surface area contributed by atoms with Crippen LogP contribution in [0.1, 0.15) is 18.2 Å². The highest BCUT2D eigenvalue weighted by Crippen LogP contribution is 2.37. The van der Waals surface area contributed by atoms with E-state index in [1.165, 1.54) is 0 Å². The Bertz CT molecular complexity index is 1360. The van der Waals surface area contributed by atoms with Gasteiger partial charge >= 0.3 is 0 Å². The number of methoxy groups -OCH3 is 1. The summed E-state index contributed by atoms with van der Waals surface area (Å²) < 4.78 is 13.2. The van der Waals surface area contributed by atoms with Gasteiger partial charge in [-0.05, 0) is 36.4 Å². The number of aliphatic hydroxyl groups is 1. The number of carbonyl (C=O) groups excluding carboxylic acids is 1. The van der Waals surface area contributed by atoms with Crippen LogP contribution in [0.25, 0.3) is 11.0 Å². The molecule has 5 rings (SSSR count). The zero-order valence-electron chi connectivity index (χ0n) is 19.3. The Hall–Kier alpha value is -3.55. The van der Waals surface area contributed by atoms with E-state index in [1.54, 1.807) is 24.1 Å². The fraction of sp³-hybridized carbons (Fsp3) is 0.259. The van der Waals surface area contributed by atoms with Crippen molar-refractivity contribution in [3.05, 3.63) is 83.6 Å². The maximum Gasteiger partial charge on any atom is 0.227 e. The van der Waals surface area contributed by atoms with Crippen LogP contribution in [0.3, 0.4) is 0 Å². The van der Waals surface area contributed by atoms with Gasteiger partial charge in [-0.1, -0.05) is 48.0 Å². The molecule has 0 bridgehead atoms. The first kappa shape index (κ1) is 23.2. The van der Waals surface area contributed by atoms with Crippen LogP contribution in [0.5, 0.6) is 11.5 Å². The number of halogens is 1. The number of aromatic nitrogens is 2. The summed E-state index contributed by atoms with van der Waals surface area (Å²) in [4.78, 5) is 19.6. The van der Waals surface area contributed by atoms with Gasteiger partial charge in [0.25, 0.3) is 0 Å². The van der Waals surface area contributed by atoms with Gasteiger partial charge < -0.3 is 24.0 Å². The molecule has 35 heavy (non-hydrogen) atoms. The van der Waals surface area contributed by atoms with E-state index < -0.39 is 6.10 Å².